The number of carbonyl (C=O) groups excluding carboxylic acids is 3. The second-order valence-electron chi connectivity index (χ2n) is 7.77. The van der Waals surface area contributed by atoms with E-state index in [2.05, 4.69) is 0 Å². The lowest BCUT2D eigenvalue weighted by Gasteiger charge is -2.47. The van der Waals surface area contributed by atoms with E-state index in [0.717, 1.165) is 19.3 Å². The summed E-state index contributed by atoms with van der Waals surface area (Å²) in [5.41, 5.74) is -0.165. The van der Waals surface area contributed by atoms with Crippen molar-refractivity contribution in [3.05, 3.63) is 30.1 Å². The fourth-order valence-electron chi connectivity index (χ4n) is 4.29. The molecule has 150 valence electrons. The molecule has 3 heterocycles. The van der Waals surface area contributed by atoms with Gasteiger partial charge in [-0.15, -0.1) is 0 Å². The number of benzene rings is 1. The third-order valence-corrected chi connectivity index (χ3v) is 5.76. The standard InChI is InChI=1S/C20H24FN3O4/c21-15-4-1-5-16(10-15)24-14-20(28-12-19(24)27)7-3-9-23(13-20)18(26)11-22-8-2-6-17(22)25/h1,4-5,10H,2-3,6-9,11-14H2. The number of nitrogens with zero attached hydrogens (tertiary/aromatic N) is 3. The van der Waals surface area contributed by atoms with Crippen molar-refractivity contribution in [1.29, 1.82) is 0 Å². The van der Waals surface area contributed by atoms with Crippen molar-refractivity contribution >= 4 is 23.4 Å². The van der Waals surface area contributed by atoms with Gasteiger partial charge in [0, 0.05) is 25.2 Å². The maximum atomic E-state index is 13.6. The maximum Gasteiger partial charge on any atom is 0.253 e. The minimum absolute atomic E-state index is 0.0249. The van der Waals surface area contributed by atoms with Crippen LogP contribution in [0.3, 0.4) is 0 Å². The lowest BCUT2D eigenvalue weighted by Crippen LogP contribution is -2.62. The van der Waals surface area contributed by atoms with Crippen molar-refractivity contribution in [2.24, 2.45) is 0 Å². The lowest BCUT2D eigenvalue weighted by atomic mass is 9.90. The molecule has 3 aliphatic rings. The van der Waals surface area contributed by atoms with Crippen LogP contribution in [0.25, 0.3) is 0 Å². The van der Waals surface area contributed by atoms with Gasteiger partial charge in [0.05, 0.1) is 19.6 Å². The highest BCUT2D eigenvalue weighted by Crippen LogP contribution is 2.32. The molecule has 3 saturated heterocycles. The van der Waals surface area contributed by atoms with Gasteiger partial charge in [-0.2, -0.15) is 0 Å². The van der Waals surface area contributed by atoms with E-state index < -0.39 is 11.4 Å². The summed E-state index contributed by atoms with van der Waals surface area (Å²) in [5, 5.41) is 0. The summed E-state index contributed by atoms with van der Waals surface area (Å²) < 4.78 is 19.5. The van der Waals surface area contributed by atoms with E-state index in [1.807, 2.05) is 0 Å². The SMILES string of the molecule is O=C1CCCN1CC(=O)N1CCCC2(C1)CN(c1cccc(F)c1)C(=O)CO2. The van der Waals surface area contributed by atoms with Gasteiger partial charge in [-0.3, -0.25) is 14.4 Å². The number of likely N-dealkylation sites (tertiary alicyclic amines) is 2. The summed E-state index contributed by atoms with van der Waals surface area (Å²) in [6.45, 7) is 1.89. The third kappa shape index (κ3) is 3.73. The molecule has 0 aliphatic carbocycles. The Hall–Kier alpha value is -2.48. The highest BCUT2D eigenvalue weighted by Gasteiger charge is 2.44. The number of ether oxygens (including phenoxy) is 1. The van der Waals surface area contributed by atoms with E-state index in [0.29, 0.717) is 31.7 Å². The molecule has 3 amide bonds. The van der Waals surface area contributed by atoms with E-state index in [1.54, 1.807) is 26.8 Å². The Kier molecular flexibility index (Phi) is 5.05. The Balaban J connectivity index is 1.47. The number of rotatable bonds is 3. The van der Waals surface area contributed by atoms with Crippen molar-refractivity contribution in [1.82, 2.24) is 9.80 Å². The van der Waals surface area contributed by atoms with Crippen LogP contribution in [0.15, 0.2) is 24.3 Å². The Morgan fingerprint density at radius 2 is 2.00 bits per heavy atom. The summed E-state index contributed by atoms with van der Waals surface area (Å²) in [6.07, 6.45) is 2.78. The predicted octanol–water partition coefficient (Wildman–Crippen LogP) is 1.17. The zero-order valence-corrected chi connectivity index (χ0v) is 15.7. The molecule has 0 radical (unpaired) electrons. The van der Waals surface area contributed by atoms with Crippen LogP contribution in [0, 0.1) is 5.82 Å². The van der Waals surface area contributed by atoms with Gasteiger partial charge in [-0.1, -0.05) is 6.07 Å². The summed E-state index contributed by atoms with van der Waals surface area (Å²) >= 11 is 0. The molecule has 0 aromatic heterocycles. The van der Waals surface area contributed by atoms with Gasteiger partial charge >= 0.3 is 0 Å². The first-order chi connectivity index (χ1) is 13.5. The second-order valence-corrected chi connectivity index (χ2v) is 7.77. The average Bonchev–Trinajstić information content (AvgIpc) is 3.09. The quantitative estimate of drug-likeness (QED) is 0.778. The maximum absolute atomic E-state index is 13.6. The monoisotopic (exact) mass is 389 g/mol. The number of carbonyl (C=O) groups is 3. The van der Waals surface area contributed by atoms with Crippen LogP contribution in [-0.2, 0) is 19.1 Å². The number of piperidine rings is 1. The van der Waals surface area contributed by atoms with Crippen LogP contribution in [0.5, 0.6) is 0 Å². The smallest absolute Gasteiger partial charge is 0.253 e. The molecule has 1 unspecified atom stereocenters. The van der Waals surface area contributed by atoms with Gasteiger partial charge in [0.25, 0.3) is 5.91 Å². The Morgan fingerprint density at radius 1 is 1.14 bits per heavy atom. The first-order valence-electron chi connectivity index (χ1n) is 9.71. The molecule has 4 rings (SSSR count). The van der Waals surface area contributed by atoms with Crippen LogP contribution in [0.2, 0.25) is 0 Å². The molecule has 8 heteroatoms. The zero-order chi connectivity index (χ0) is 19.7. The molecular formula is C20H24FN3O4. The van der Waals surface area contributed by atoms with E-state index in [9.17, 15) is 18.8 Å². The van der Waals surface area contributed by atoms with E-state index in [4.69, 9.17) is 4.74 Å². The molecule has 28 heavy (non-hydrogen) atoms. The van der Waals surface area contributed by atoms with Gasteiger partial charge in [0.2, 0.25) is 11.8 Å². The molecular weight excluding hydrogens is 365 g/mol. The summed E-state index contributed by atoms with van der Waals surface area (Å²) in [7, 11) is 0. The van der Waals surface area contributed by atoms with Gasteiger partial charge in [-0.05, 0) is 37.5 Å². The Labute approximate surface area is 163 Å². The van der Waals surface area contributed by atoms with Crippen LogP contribution in [0.4, 0.5) is 10.1 Å². The normalized spacial score (nSPS) is 25.7. The average molecular weight is 389 g/mol. The molecule has 1 atom stereocenters. The number of amides is 3. The van der Waals surface area contributed by atoms with Crippen molar-refractivity contribution in [3.63, 3.8) is 0 Å². The third-order valence-electron chi connectivity index (χ3n) is 5.76. The fraction of sp³-hybridized carbons (Fsp3) is 0.550. The topological polar surface area (TPSA) is 70.2 Å². The minimum atomic E-state index is -0.664. The number of hydrogen-bond donors (Lipinski definition) is 0. The number of hydrogen-bond acceptors (Lipinski definition) is 4. The number of anilines is 1. The molecule has 1 aromatic carbocycles. The van der Waals surface area contributed by atoms with Gasteiger partial charge in [0.1, 0.15) is 18.0 Å². The molecule has 3 fully saturated rings. The number of morpholine rings is 1. The van der Waals surface area contributed by atoms with E-state index >= 15 is 0 Å². The molecule has 0 N–H and O–H groups in total. The van der Waals surface area contributed by atoms with Gasteiger partial charge in [0.15, 0.2) is 0 Å². The first kappa shape index (κ1) is 18.9. The van der Waals surface area contributed by atoms with E-state index in [-0.39, 0.29) is 37.4 Å². The largest absolute Gasteiger partial charge is 0.361 e. The highest BCUT2D eigenvalue weighted by molar-refractivity contribution is 5.95. The lowest BCUT2D eigenvalue weighted by molar-refractivity contribution is -0.155. The van der Waals surface area contributed by atoms with E-state index in [1.165, 1.54) is 12.1 Å². The van der Waals surface area contributed by atoms with Crippen LogP contribution in [0.1, 0.15) is 25.7 Å². The molecule has 0 bridgehead atoms. The molecule has 7 nitrogen and oxygen atoms in total. The molecule has 0 saturated carbocycles. The summed E-state index contributed by atoms with van der Waals surface area (Å²) in [4.78, 5) is 41.8. The van der Waals surface area contributed by atoms with Gasteiger partial charge in [-0.25, -0.2) is 4.39 Å². The van der Waals surface area contributed by atoms with Crippen molar-refractivity contribution in [2.45, 2.75) is 31.3 Å². The Morgan fingerprint density at radius 3 is 2.75 bits per heavy atom. The fourth-order valence-corrected chi connectivity index (χ4v) is 4.29. The predicted molar refractivity (Wildman–Crippen MR) is 99.1 cm³/mol. The summed E-state index contributed by atoms with van der Waals surface area (Å²) in [6, 6.07) is 5.95. The van der Waals surface area contributed by atoms with Crippen molar-refractivity contribution in [3.8, 4) is 0 Å². The van der Waals surface area contributed by atoms with Crippen molar-refractivity contribution < 1.29 is 23.5 Å². The second kappa shape index (κ2) is 7.50. The first-order valence-corrected chi connectivity index (χ1v) is 9.71. The molecule has 1 aromatic rings. The van der Waals surface area contributed by atoms with Crippen molar-refractivity contribution in [2.75, 3.05) is 44.2 Å². The summed E-state index contributed by atoms with van der Waals surface area (Å²) in [5.74, 6) is -0.687. The minimum Gasteiger partial charge on any atom is -0.361 e. The Bertz CT molecular complexity index is 801. The zero-order valence-electron chi connectivity index (χ0n) is 15.7. The highest BCUT2D eigenvalue weighted by atomic mass is 19.1. The molecule has 3 aliphatic heterocycles. The van der Waals surface area contributed by atoms with Gasteiger partial charge < -0.3 is 19.4 Å². The number of halogens is 1. The van der Waals surface area contributed by atoms with Crippen LogP contribution >= 0.6 is 0 Å². The van der Waals surface area contributed by atoms with Crippen LogP contribution in [-0.4, -0.2) is 72.5 Å². The molecule has 1 spiro atoms. The van der Waals surface area contributed by atoms with Crippen LogP contribution < -0.4 is 4.90 Å².